The van der Waals surface area contributed by atoms with E-state index in [1.54, 1.807) is 23.9 Å². The fourth-order valence-electron chi connectivity index (χ4n) is 4.80. The Morgan fingerprint density at radius 3 is 2.66 bits per heavy atom. The summed E-state index contributed by atoms with van der Waals surface area (Å²) in [7, 11) is 0. The molecule has 3 aromatic carbocycles. The Kier molecular flexibility index (Phi) is 6.91. The van der Waals surface area contributed by atoms with Crippen LogP contribution in [0.4, 0.5) is 10.3 Å². The molecule has 1 N–H and O–H groups in total. The number of carbonyl (C=O) groups excluding carboxylic acids is 1. The molecule has 9 heteroatoms. The molecule has 4 aromatic rings. The Hall–Kier alpha value is -3.62. The highest BCUT2D eigenvalue weighted by molar-refractivity contribution is 7.98. The molecule has 192 valence electrons. The number of rotatable bonds is 7. The van der Waals surface area contributed by atoms with Crippen molar-refractivity contribution in [2.75, 3.05) is 5.32 Å². The minimum Gasteiger partial charge on any atom is -0.489 e. The van der Waals surface area contributed by atoms with Gasteiger partial charge in [0.05, 0.1) is 5.02 Å². The van der Waals surface area contributed by atoms with Gasteiger partial charge in [-0.05, 0) is 48.2 Å². The van der Waals surface area contributed by atoms with Gasteiger partial charge < -0.3 is 10.1 Å². The second kappa shape index (κ2) is 10.6. The number of benzene rings is 3. The first kappa shape index (κ1) is 24.7. The number of ether oxygens (including phenoxy) is 1. The Balaban J connectivity index is 1.27. The van der Waals surface area contributed by atoms with Crippen molar-refractivity contribution in [3.8, 4) is 5.75 Å². The molecule has 2 aliphatic rings. The first-order chi connectivity index (χ1) is 18.6. The number of thioether (sulfide) groups is 1. The summed E-state index contributed by atoms with van der Waals surface area (Å²) < 4.78 is 21.8. The minimum atomic E-state index is -0.404. The Bertz CT molecular complexity index is 1500. The third-order valence-corrected chi connectivity index (χ3v) is 7.96. The van der Waals surface area contributed by atoms with E-state index in [9.17, 15) is 9.18 Å². The first-order valence-electron chi connectivity index (χ1n) is 12.4. The van der Waals surface area contributed by atoms with E-state index in [0.717, 1.165) is 35.4 Å². The Morgan fingerprint density at radius 2 is 1.87 bits per heavy atom. The van der Waals surface area contributed by atoms with Crippen LogP contribution < -0.4 is 10.1 Å². The highest BCUT2D eigenvalue weighted by Crippen LogP contribution is 2.41. The largest absolute Gasteiger partial charge is 0.489 e. The molecular weight excluding hydrogens is 523 g/mol. The number of aromatic nitrogens is 3. The fraction of sp³-hybridized carbons (Fsp3) is 0.207. The minimum absolute atomic E-state index is 0.0151. The van der Waals surface area contributed by atoms with Crippen LogP contribution in [0.5, 0.6) is 5.75 Å². The maximum absolute atomic E-state index is 14.1. The molecule has 0 saturated carbocycles. The van der Waals surface area contributed by atoms with Crippen molar-refractivity contribution in [1.29, 1.82) is 0 Å². The van der Waals surface area contributed by atoms with Crippen molar-refractivity contribution < 1.29 is 13.9 Å². The number of halogens is 2. The molecule has 0 fully saturated rings. The highest BCUT2D eigenvalue weighted by Gasteiger charge is 2.36. The zero-order chi connectivity index (χ0) is 26.1. The van der Waals surface area contributed by atoms with E-state index in [1.165, 1.54) is 11.6 Å². The van der Waals surface area contributed by atoms with Crippen LogP contribution in [0.2, 0.25) is 5.02 Å². The zero-order valence-corrected chi connectivity index (χ0v) is 21.9. The summed E-state index contributed by atoms with van der Waals surface area (Å²) in [4.78, 5) is 17.8. The number of ketones is 1. The van der Waals surface area contributed by atoms with Crippen molar-refractivity contribution in [1.82, 2.24) is 14.8 Å². The number of anilines is 1. The molecule has 1 aliphatic heterocycles. The van der Waals surface area contributed by atoms with Crippen molar-refractivity contribution in [2.45, 2.75) is 42.8 Å². The van der Waals surface area contributed by atoms with Gasteiger partial charge in [0, 0.05) is 29.0 Å². The number of fused-ring (bicyclic) bond motifs is 1. The van der Waals surface area contributed by atoms with E-state index in [0.29, 0.717) is 33.9 Å². The third kappa shape index (κ3) is 4.93. The number of allylic oxidation sites excluding steroid dienone is 2. The molecule has 0 saturated heterocycles. The number of hydrogen-bond acceptors (Lipinski definition) is 6. The monoisotopic (exact) mass is 546 g/mol. The molecule has 6 rings (SSSR count). The molecule has 6 nitrogen and oxygen atoms in total. The summed E-state index contributed by atoms with van der Waals surface area (Å²) in [6.45, 7) is 0.0151. The summed E-state index contributed by atoms with van der Waals surface area (Å²) in [6.07, 6.45) is 2.12. The average molecular weight is 547 g/mol. The zero-order valence-electron chi connectivity index (χ0n) is 20.4. The van der Waals surface area contributed by atoms with Crippen LogP contribution in [0, 0.1) is 5.82 Å². The van der Waals surface area contributed by atoms with Crippen LogP contribution in [0.25, 0.3) is 0 Å². The van der Waals surface area contributed by atoms with Crippen LogP contribution in [-0.4, -0.2) is 20.5 Å². The smallest absolute Gasteiger partial charge is 0.227 e. The maximum atomic E-state index is 14.1. The average Bonchev–Trinajstić information content (AvgIpc) is 3.34. The van der Waals surface area contributed by atoms with Gasteiger partial charge in [-0.3, -0.25) is 4.79 Å². The molecule has 0 radical (unpaired) electrons. The van der Waals surface area contributed by atoms with E-state index >= 15 is 0 Å². The first-order valence-corrected chi connectivity index (χ1v) is 13.8. The highest BCUT2D eigenvalue weighted by atomic mass is 35.5. The van der Waals surface area contributed by atoms with E-state index in [2.05, 4.69) is 17.4 Å². The van der Waals surface area contributed by atoms with E-state index in [1.807, 2.05) is 47.1 Å². The Labute approximate surface area is 228 Å². The predicted octanol–water partition coefficient (Wildman–Crippen LogP) is 6.96. The standard InChI is InChI=1S/C29H24ClFN4O2S/c30-22-8-4-9-23(31)21(22)16-37-20-14-12-19(13-15-20)27-26-24(10-5-11-25(26)36)32-28-33-29(34-35(27)28)38-17-18-6-2-1-3-7-18/h1-4,6-9,12-15,27H,5,10-11,16-17H2,(H,32,33,34). The SMILES string of the molecule is O=C1CCCC2=C1C(c1ccc(OCc3c(F)cccc3Cl)cc1)n1nc(SCc3ccccc3)nc1N2. The molecule has 1 aliphatic carbocycles. The lowest BCUT2D eigenvalue weighted by Crippen LogP contribution is -2.31. The quantitative estimate of drug-likeness (QED) is 0.253. The molecular formula is C29H24ClFN4O2S. The van der Waals surface area contributed by atoms with E-state index in [4.69, 9.17) is 26.4 Å². The third-order valence-electron chi connectivity index (χ3n) is 6.70. The topological polar surface area (TPSA) is 69.0 Å². The van der Waals surface area contributed by atoms with Crippen LogP contribution in [-0.2, 0) is 17.2 Å². The van der Waals surface area contributed by atoms with E-state index in [-0.39, 0.29) is 18.4 Å². The number of nitrogens with one attached hydrogen (secondary N) is 1. The molecule has 1 aromatic heterocycles. The van der Waals surface area contributed by atoms with Crippen LogP contribution in [0.1, 0.15) is 42.0 Å². The second-order valence-corrected chi connectivity index (χ2v) is 10.5. The molecule has 0 bridgehead atoms. The molecule has 38 heavy (non-hydrogen) atoms. The van der Waals surface area contributed by atoms with Gasteiger partial charge in [0.15, 0.2) is 5.78 Å². The maximum Gasteiger partial charge on any atom is 0.227 e. The second-order valence-electron chi connectivity index (χ2n) is 9.19. The summed E-state index contributed by atoms with van der Waals surface area (Å²) in [6, 6.07) is 21.8. The van der Waals surface area contributed by atoms with Gasteiger partial charge in [-0.1, -0.05) is 71.9 Å². The summed E-state index contributed by atoms with van der Waals surface area (Å²) in [5, 5.41) is 9.14. The van der Waals surface area contributed by atoms with Crippen molar-refractivity contribution >= 4 is 35.1 Å². The molecule has 1 atom stereocenters. The lowest BCUT2D eigenvalue weighted by atomic mass is 9.85. The predicted molar refractivity (Wildman–Crippen MR) is 146 cm³/mol. The van der Waals surface area contributed by atoms with Gasteiger partial charge in [0.2, 0.25) is 11.1 Å². The van der Waals surface area contributed by atoms with Gasteiger partial charge in [-0.25, -0.2) is 9.07 Å². The summed E-state index contributed by atoms with van der Waals surface area (Å²) in [5.41, 5.74) is 4.05. The van der Waals surface area contributed by atoms with Gasteiger partial charge in [-0.2, -0.15) is 4.98 Å². The van der Waals surface area contributed by atoms with Gasteiger partial charge in [-0.15, -0.1) is 5.10 Å². The fourth-order valence-corrected chi connectivity index (χ4v) is 5.80. The van der Waals surface area contributed by atoms with Gasteiger partial charge >= 0.3 is 0 Å². The molecule has 0 spiro atoms. The van der Waals surface area contributed by atoms with Crippen molar-refractivity contribution in [3.63, 3.8) is 0 Å². The van der Waals surface area contributed by atoms with Crippen molar-refractivity contribution in [3.05, 3.63) is 112 Å². The van der Waals surface area contributed by atoms with Crippen molar-refractivity contribution in [2.24, 2.45) is 0 Å². The summed E-state index contributed by atoms with van der Waals surface area (Å²) in [5.74, 6) is 1.67. The summed E-state index contributed by atoms with van der Waals surface area (Å²) >= 11 is 7.69. The number of carbonyl (C=O) groups is 1. The molecule has 2 heterocycles. The molecule has 1 unspecified atom stereocenters. The van der Waals surface area contributed by atoms with Crippen LogP contribution >= 0.6 is 23.4 Å². The lowest BCUT2D eigenvalue weighted by molar-refractivity contribution is -0.116. The lowest BCUT2D eigenvalue weighted by Gasteiger charge is -2.32. The van der Waals surface area contributed by atoms with Crippen LogP contribution in [0.3, 0.4) is 0 Å². The van der Waals surface area contributed by atoms with Gasteiger partial charge in [0.25, 0.3) is 0 Å². The van der Waals surface area contributed by atoms with Gasteiger partial charge in [0.1, 0.15) is 24.2 Å². The number of nitrogens with zero attached hydrogens (tertiary/aromatic N) is 3. The Morgan fingerprint density at radius 1 is 1.05 bits per heavy atom. The molecule has 0 amide bonds. The van der Waals surface area contributed by atoms with E-state index < -0.39 is 5.82 Å². The number of hydrogen-bond donors (Lipinski definition) is 1. The van der Waals surface area contributed by atoms with Crippen LogP contribution in [0.15, 0.2) is 89.2 Å². The normalized spacial score (nSPS) is 16.6. The number of Topliss-reactive ketones (excluding diaryl/α,β-unsaturated/α-hetero) is 1.